The highest BCUT2D eigenvalue weighted by Crippen LogP contribution is 2.39. The maximum absolute atomic E-state index is 12.2. The maximum Gasteiger partial charge on any atom is 0.258 e. The van der Waals surface area contributed by atoms with Crippen molar-refractivity contribution in [1.82, 2.24) is 19.2 Å². The van der Waals surface area contributed by atoms with Gasteiger partial charge >= 0.3 is 0 Å². The minimum Gasteiger partial charge on any atom is -0.340 e. The van der Waals surface area contributed by atoms with Crippen LogP contribution >= 0.6 is 11.3 Å². The van der Waals surface area contributed by atoms with E-state index in [4.69, 9.17) is 0 Å². The largest absolute Gasteiger partial charge is 0.340 e. The Labute approximate surface area is 138 Å². The molecule has 1 saturated heterocycles. The summed E-state index contributed by atoms with van der Waals surface area (Å²) in [6, 6.07) is 1.61. The van der Waals surface area contributed by atoms with Gasteiger partial charge in [0.15, 0.2) is 4.96 Å². The second-order valence-corrected chi connectivity index (χ2v) is 7.44. The smallest absolute Gasteiger partial charge is 0.258 e. The van der Waals surface area contributed by atoms with Crippen molar-refractivity contribution in [3.8, 4) is 0 Å². The van der Waals surface area contributed by atoms with Gasteiger partial charge in [-0.05, 0) is 12.3 Å². The third-order valence-electron chi connectivity index (χ3n) is 4.85. The molecule has 0 bridgehead atoms. The van der Waals surface area contributed by atoms with Crippen LogP contribution in [0.2, 0.25) is 0 Å². The first-order valence-corrected chi connectivity index (χ1v) is 8.97. The van der Waals surface area contributed by atoms with Crippen LogP contribution in [0.15, 0.2) is 22.4 Å². The summed E-state index contributed by atoms with van der Waals surface area (Å²) < 4.78 is 1.57. The molecule has 0 spiro atoms. The Balaban J connectivity index is 1.38. The molecule has 0 unspecified atom stereocenters. The van der Waals surface area contributed by atoms with Crippen molar-refractivity contribution < 1.29 is 4.79 Å². The molecule has 2 fully saturated rings. The maximum atomic E-state index is 12.2. The van der Waals surface area contributed by atoms with E-state index < -0.39 is 0 Å². The van der Waals surface area contributed by atoms with Crippen molar-refractivity contribution in [2.24, 2.45) is 11.8 Å². The lowest BCUT2D eigenvalue weighted by Gasteiger charge is -2.34. The summed E-state index contributed by atoms with van der Waals surface area (Å²) in [6.45, 7) is 6.07. The Bertz CT molecular complexity index is 791. The van der Waals surface area contributed by atoms with Gasteiger partial charge in [-0.25, -0.2) is 4.98 Å². The molecule has 0 radical (unpaired) electrons. The van der Waals surface area contributed by atoms with Crippen molar-refractivity contribution in [1.29, 1.82) is 0 Å². The van der Waals surface area contributed by atoms with Gasteiger partial charge in [-0.15, -0.1) is 11.3 Å². The van der Waals surface area contributed by atoms with E-state index in [-0.39, 0.29) is 11.5 Å². The van der Waals surface area contributed by atoms with Gasteiger partial charge in [0.05, 0.1) is 5.69 Å². The molecule has 0 N–H and O–H groups in total. The van der Waals surface area contributed by atoms with E-state index >= 15 is 0 Å². The lowest BCUT2D eigenvalue weighted by Crippen LogP contribution is -2.49. The average Bonchev–Trinajstić information content (AvgIpc) is 3.07. The molecule has 1 saturated carbocycles. The van der Waals surface area contributed by atoms with E-state index in [2.05, 4.69) is 16.8 Å². The molecule has 3 heterocycles. The summed E-state index contributed by atoms with van der Waals surface area (Å²) in [5, 5.41) is 1.87. The molecule has 2 atom stereocenters. The number of fused-ring (bicyclic) bond motifs is 1. The Morgan fingerprint density at radius 2 is 2.09 bits per heavy atom. The van der Waals surface area contributed by atoms with Crippen molar-refractivity contribution in [3.63, 3.8) is 0 Å². The fourth-order valence-electron chi connectivity index (χ4n) is 3.22. The second-order valence-electron chi connectivity index (χ2n) is 6.56. The summed E-state index contributed by atoms with van der Waals surface area (Å²) in [5.74, 6) is 1.16. The molecular weight excluding hydrogens is 312 g/mol. The summed E-state index contributed by atoms with van der Waals surface area (Å²) in [6.07, 6.45) is 2.80. The molecule has 4 rings (SSSR count). The number of hydrogen-bond donors (Lipinski definition) is 0. The van der Waals surface area contributed by atoms with E-state index in [1.165, 1.54) is 11.3 Å². The SMILES string of the molecule is C[C@@H]1C[C@H]1C(=O)N1CCN(Cc2cc(=O)n3ccsc3n2)CC1. The second kappa shape index (κ2) is 5.72. The van der Waals surface area contributed by atoms with E-state index in [0.717, 1.165) is 43.3 Å². The van der Waals surface area contributed by atoms with Gasteiger partial charge in [-0.1, -0.05) is 6.92 Å². The highest BCUT2D eigenvalue weighted by molar-refractivity contribution is 7.15. The average molecular weight is 332 g/mol. The first kappa shape index (κ1) is 14.8. The van der Waals surface area contributed by atoms with Crippen LogP contribution in [0.4, 0.5) is 0 Å². The molecule has 1 amide bonds. The molecular formula is C16H20N4O2S. The minimum absolute atomic E-state index is 0.0252. The fourth-order valence-corrected chi connectivity index (χ4v) is 3.96. The zero-order valence-corrected chi connectivity index (χ0v) is 14.0. The molecule has 2 aromatic rings. The molecule has 1 aliphatic carbocycles. The van der Waals surface area contributed by atoms with Crippen LogP contribution in [-0.2, 0) is 11.3 Å². The highest BCUT2D eigenvalue weighted by atomic mass is 32.1. The van der Waals surface area contributed by atoms with Gasteiger partial charge in [0, 0.05) is 56.3 Å². The Morgan fingerprint density at radius 1 is 1.35 bits per heavy atom. The number of aromatic nitrogens is 2. The molecule has 122 valence electrons. The van der Waals surface area contributed by atoms with E-state index in [1.54, 1.807) is 16.7 Å². The molecule has 7 heteroatoms. The van der Waals surface area contributed by atoms with Crippen molar-refractivity contribution in [3.05, 3.63) is 33.7 Å². The van der Waals surface area contributed by atoms with Crippen LogP contribution in [0.25, 0.3) is 4.96 Å². The van der Waals surface area contributed by atoms with Crippen LogP contribution in [0.3, 0.4) is 0 Å². The molecule has 23 heavy (non-hydrogen) atoms. The van der Waals surface area contributed by atoms with E-state index in [9.17, 15) is 9.59 Å². The van der Waals surface area contributed by atoms with E-state index in [0.29, 0.717) is 18.4 Å². The van der Waals surface area contributed by atoms with Gasteiger partial charge in [0.25, 0.3) is 5.56 Å². The van der Waals surface area contributed by atoms with Crippen LogP contribution in [0, 0.1) is 11.8 Å². The standard InChI is InChI=1S/C16H20N4O2S/c1-11-8-13(11)15(22)19-4-2-18(3-5-19)10-12-9-14(21)20-6-7-23-16(20)17-12/h6-7,9,11,13H,2-5,8,10H2,1H3/t11-,13-/m1/s1. The van der Waals surface area contributed by atoms with Gasteiger partial charge in [0.2, 0.25) is 5.91 Å². The highest BCUT2D eigenvalue weighted by Gasteiger charge is 2.41. The monoisotopic (exact) mass is 332 g/mol. The molecule has 6 nitrogen and oxygen atoms in total. The number of carbonyl (C=O) groups is 1. The van der Waals surface area contributed by atoms with Gasteiger partial charge < -0.3 is 4.90 Å². The van der Waals surface area contributed by atoms with Gasteiger partial charge in [-0.2, -0.15) is 0 Å². The van der Waals surface area contributed by atoms with Crippen LogP contribution in [0.5, 0.6) is 0 Å². The van der Waals surface area contributed by atoms with Crippen molar-refractivity contribution in [2.45, 2.75) is 19.9 Å². The number of nitrogens with zero attached hydrogens (tertiary/aromatic N) is 4. The van der Waals surface area contributed by atoms with Gasteiger partial charge in [-0.3, -0.25) is 18.9 Å². The molecule has 2 aromatic heterocycles. The first-order chi connectivity index (χ1) is 11.1. The number of rotatable bonds is 3. The summed E-state index contributed by atoms with van der Waals surface area (Å²) in [7, 11) is 0. The summed E-state index contributed by atoms with van der Waals surface area (Å²) in [5.41, 5.74) is 0.788. The Kier molecular flexibility index (Phi) is 3.69. The van der Waals surface area contributed by atoms with Crippen LogP contribution < -0.4 is 5.56 Å². The quantitative estimate of drug-likeness (QED) is 0.843. The third-order valence-corrected chi connectivity index (χ3v) is 5.61. The number of carbonyl (C=O) groups excluding carboxylic acids is 1. The predicted molar refractivity (Wildman–Crippen MR) is 88.5 cm³/mol. The first-order valence-electron chi connectivity index (χ1n) is 8.09. The van der Waals surface area contributed by atoms with Gasteiger partial charge in [0.1, 0.15) is 0 Å². The number of hydrogen-bond acceptors (Lipinski definition) is 5. The van der Waals surface area contributed by atoms with Crippen LogP contribution in [0.1, 0.15) is 19.0 Å². The zero-order valence-electron chi connectivity index (χ0n) is 13.1. The topological polar surface area (TPSA) is 57.9 Å². The number of amides is 1. The lowest BCUT2D eigenvalue weighted by molar-refractivity contribution is -0.134. The Hall–Kier alpha value is -1.73. The fraction of sp³-hybridized carbons (Fsp3) is 0.562. The zero-order chi connectivity index (χ0) is 16.0. The summed E-state index contributed by atoms with van der Waals surface area (Å²) in [4.78, 5) is 33.8. The predicted octanol–water partition coefficient (Wildman–Crippen LogP) is 1.06. The molecule has 1 aliphatic heterocycles. The lowest BCUT2D eigenvalue weighted by atomic mass is 10.2. The van der Waals surface area contributed by atoms with Crippen LogP contribution in [-0.4, -0.2) is 51.3 Å². The molecule has 0 aromatic carbocycles. The number of thiazole rings is 1. The van der Waals surface area contributed by atoms with Crippen molar-refractivity contribution >= 4 is 22.2 Å². The normalized spacial score (nSPS) is 25.0. The third kappa shape index (κ3) is 2.90. The molecule has 2 aliphatic rings. The van der Waals surface area contributed by atoms with Crippen molar-refractivity contribution in [2.75, 3.05) is 26.2 Å². The van der Waals surface area contributed by atoms with E-state index in [1.807, 2.05) is 10.3 Å². The Morgan fingerprint density at radius 3 is 2.78 bits per heavy atom. The minimum atomic E-state index is -0.0252. The number of piperazine rings is 1. The summed E-state index contributed by atoms with van der Waals surface area (Å²) >= 11 is 1.47.